The number of hydrogen-bond donors (Lipinski definition) is 1. The third-order valence-corrected chi connectivity index (χ3v) is 10.1. The molecule has 116 valence electrons. The molecule has 0 heterocycles. The monoisotopic (exact) mass is 310 g/mol. The van der Waals surface area contributed by atoms with Crippen molar-refractivity contribution in [2.45, 2.75) is 37.4 Å². The van der Waals surface area contributed by atoms with Gasteiger partial charge in [-0.1, -0.05) is 85.9 Å². The molecular weight excluding hydrogens is 284 g/mol. The Balaban J connectivity index is 1.88. The fourth-order valence-corrected chi connectivity index (χ4v) is 7.50. The Morgan fingerprint density at radius 2 is 1.59 bits per heavy atom. The highest BCUT2D eigenvalue weighted by Gasteiger charge is 2.58. The van der Waals surface area contributed by atoms with Crippen LogP contribution in [0.4, 0.5) is 0 Å². The molecule has 3 rings (SSSR count). The highest BCUT2D eigenvalue weighted by Crippen LogP contribution is 2.61. The highest BCUT2D eigenvalue weighted by atomic mass is 28.3. The molecule has 1 N–H and O–H groups in total. The van der Waals surface area contributed by atoms with Crippen molar-refractivity contribution < 1.29 is 5.11 Å². The van der Waals surface area contributed by atoms with Gasteiger partial charge in [-0.2, -0.15) is 0 Å². The van der Waals surface area contributed by atoms with Crippen molar-refractivity contribution >= 4 is 13.3 Å². The van der Waals surface area contributed by atoms with Gasteiger partial charge in [-0.25, -0.2) is 0 Å². The van der Waals surface area contributed by atoms with Crippen LogP contribution in [-0.4, -0.2) is 19.8 Å². The lowest BCUT2D eigenvalue weighted by Crippen LogP contribution is -2.48. The number of benzene rings is 2. The molecule has 0 amide bonds. The Morgan fingerprint density at radius 3 is 2.14 bits per heavy atom. The van der Waals surface area contributed by atoms with E-state index in [9.17, 15) is 5.11 Å². The van der Waals surface area contributed by atoms with Crippen molar-refractivity contribution in [1.82, 2.24) is 0 Å². The Labute approximate surface area is 135 Å². The summed E-state index contributed by atoms with van der Waals surface area (Å²) in [5, 5.41) is 11.6. The Hall–Kier alpha value is -1.38. The van der Waals surface area contributed by atoms with Crippen molar-refractivity contribution in [2.75, 3.05) is 6.61 Å². The lowest BCUT2D eigenvalue weighted by molar-refractivity contribution is 0.272. The summed E-state index contributed by atoms with van der Waals surface area (Å²) < 4.78 is 0. The topological polar surface area (TPSA) is 20.2 Å². The lowest BCUT2D eigenvalue weighted by Gasteiger charge is -2.33. The van der Waals surface area contributed by atoms with Gasteiger partial charge in [-0.05, 0) is 28.9 Å². The minimum atomic E-state index is -1.68. The first-order valence-corrected chi connectivity index (χ1v) is 11.3. The van der Waals surface area contributed by atoms with Gasteiger partial charge in [0, 0.05) is 6.61 Å². The molecule has 22 heavy (non-hydrogen) atoms. The van der Waals surface area contributed by atoms with Crippen LogP contribution in [0.25, 0.3) is 0 Å². The number of hydrogen-bond acceptors (Lipinski definition) is 1. The van der Waals surface area contributed by atoms with Crippen LogP contribution in [-0.2, 0) is 5.41 Å². The summed E-state index contributed by atoms with van der Waals surface area (Å²) in [6.07, 6.45) is 1.20. The molecule has 2 heteroatoms. The van der Waals surface area contributed by atoms with E-state index in [4.69, 9.17) is 0 Å². The Bertz CT molecular complexity index is 623. The minimum absolute atomic E-state index is 0.244. The van der Waals surface area contributed by atoms with E-state index >= 15 is 0 Å². The molecule has 0 aromatic heterocycles. The average Bonchev–Trinajstić information content (AvgIpc) is 3.22. The Morgan fingerprint density at radius 1 is 1.05 bits per heavy atom. The van der Waals surface area contributed by atoms with Crippen LogP contribution >= 0.6 is 0 Å². The zero-order valence-electron chi connectivity index (χ0n) is 13.8. The summed E-state index contributed by atoms with van der Waals surface area (Å²) in [5.41, 5.74) is 2.09. The third-order valence-electron chi connectivity index (χ3n) is 5.86. The minimum Gasteiger partial charge on any atom is -0.396 e. The largest absolute Gasteiger partial charge is 0.396 e. The summed E-state index contributed by atoms with van der Waals surface area (Å²) in [6.45, 7) is 7.49. The first kappa shape index (κ1) is 15.5. The molecule has 1 nitrogen and oxygen atoms in total. The third kappa shape index (κ3) is 2.55. The highest BCUT2D eigenvalue weighted by molar-refractivity contribution is 6.91. The molecular formula is C20H26OSi. The summed E-state index contributed by atoms with van der Waals surface area (Å²) in [7, 11) is -1.68. The molecule has 1 aliphatic carbocycles. The van der Waals surface area contributed by atoms with Gasteiger partial charge < -0.3 is 5.11 Å². The van der Waals surface area contributed by atoms with Crippen molar-refractivity contribution in [1.29, 1.82) is 0 Å². The molecule has 0 spiro atoms. The van der Waals surface area contributed by atoms with E-state index in [2.05, 4.69) is 80.7 Å². The van der Waals surface area contributed by atoms with E-state index in [-0.39, 0.29) is 5.41 Å². The molecule has 0 saturated heterocycles. The van der Waals surface area contributed by atoms with E-state index in [1.54, 1.807) is 0 Å². The summed E-state index contributed by atoms with van der Waals surface area (Å²) in [6, 6.07) is 21.6. The van der Waals surface area contributed by atoms with Crippen LogP contribution in [0.3, 0.4) is 0 Å². The van der Waals surface area contributed by atoms with Crippen molar-refractivity contribution in [2.24, 2.45) is 5.92 Å². The zero-order valence-corrected chi connectivity index (χ0v) is 14.8. The van der Waals surface area contributed by atoms with Crippen molar-refractivity contribution in [3.63, 3.8) is 0 Å². The molecule has 1 aliphatic rings. The van der Waals surface area contributed by atoms with Gasteiger partial charge in [0.25, 0.3) is 0 Å². The SMILES string of the molecule is C[C@]1(c2ccccc2)C[C@@H]1[C@H](CO)[Si](C)(C)c1ccccc1. The quantitative estimate of drug-likeness (QED) is 0.829. The van der Waals surface area contributed by atoms with Gasteiger partial charge in [-0.15, -0.1) is 0 Å². The Kier molecular flexibility index (Phi) is 4.00. The van der Waals surface area contributed by atoms with Crippen LogP contribution in [0.2, 0.25) is 18.6 Å². The number of rotatable bonds is 5. The smallest absolute Gasteiger partial charge is 0.0862 e. The van der Waals surface area contributed by atoms with E-state index in [1.807, 2.05) is 0 Å². The zero-order chi connectivity index (χ0) is 15.8. The van der Waals surface area contributed by atoms with Gasteiger partial charge in [0.1, 0.15) is 0 Å². The second-order valence-electron chi connectivity index (χ2n) is 7.47. The van der Waals surface area contributed by atoms with Crippen LogP contribution < -0.4 is 5.19 Å². The van der Waals surface area contributed by atoms with Gasteiger partial charge >= 0.3 is 0 Å². The van der Waals surface area contributed by atoms with Gasteiger partial charge in [-0.3, -0.25) is 0 Å². The fraction of sp³-hybridized carbons (Fsp3) is 0.400. The predicted octanol–water partition coefficient (Wildman–Crippen LogP) is 3.94. The van der Waals surface area contributed by atoms with E-state index in [1.165, 1.54) is 17.2 Å². The van der Waals surface area contributed by atoms with Crippen LogP contribution in [0.5, 0.6) is 0 Å². The van der Waals surface area contributed by atoms with Crippen LogP contribution in [0.1, 0.15) is 18.9 Å². The van der Waals surface area contributed by atoms with Gasteiger partial charge in [0.2, 0.25) is 0 Å². The first-order chi connectivity index (χ1) is 10.5. The molecule has 1 fully saturated rings. The number of aliphatic hydroxyl groups is 1. The van der Waals surface area contributed by atoms with Crippen molar-refractivity contribution in [3.05, 3.63) is 66.2 Å². The summed E-state index contributed by atoms with van der Waals surface area (Å²) in [5.74, 6) is 0.599. The van der Waals surface area contributed by atoms with Gasteiger partial charge in [0.05, 0.1) is 8.07 Å². The molecule has 0 unspecified atom stereocenters. The maximum absolute atomic E-state index is 10.1. The molecule has 2 aromatic carbocycles. The number of aliphatic hydroxyl groups excluding tert-OH is 1. The normalized spacial score (nSPS) is 25.7. The van der Waals surface area contributed by atoms with Gasteiger partial charge in [0.15, 0.2) is 0 Å². The van der Waals surface area contributed by atoms with E-state index in [0.717, 1.165) is 0 Å². The van der Waals surface area contributed by atoms with Crippen LogP contribution in [0.15, 0.2) is 60.7 Å². The first-order valence-electron chi connectivity index (χ1n) is 8.22. The summed E-state index contributed by atoms with van der Waals surface area (Å²) in [4.78, 5) is 0. The second-order valence-corrected chi connectivity index (χ2v) is 12.2. The fourth-order valence-electron chi connectivity index (χ4n) is 4.08. The molecule has 0 bridgehead atoms. The molecule has 3 atom stereocenters. The summed E-state index contributed by atoms with van der Waals surface area (Å²) >= 11 is 0. The molecule has 2 aromatic rings. The molecule has 0 radical (unpaired) electrons. The molecule has 1 saturated carbocycles. The lowest BCUT2D eigenvalue weighted by atomic mass is 9.94. The maximum Gasteiger partial charge on any atom is 0.0862 e. The van der Waals surface area contributed by atoms with E-state index < -0.39 is 8.07 Å². The van der Waals surface area contributed by atoms with Crippen LogP contribution in [0, 0.1) is 5.92 Å². The van der Waals surface area contributed by atoms with E-state index in [0.29, 0.717) is 18.1 Å². The average molecular weight is 311 g/mol. The second kappa shape index (κ2) is 5.67. The van der Waals surface area contributed by atoms with Crippen molar-refractivity contribution in [3.8, 4) is 0 Å². The maximum atomic E-state index is 10.1. The predicted molar refractivity (Wildman–Crippen MR) is 96.3 cm³/mol. The standard InChI is InChI=1S/C20H26OSi/c1-20(16-10-6-4-7-11-16)14-18(20)19(15-21)22(2,3)17-12-8-5-9-13-17/h4-13,18-19,21H,14-15H2,1-3H3/t18-,19+,20-/m1/s1. The molecule has 0 aliphatic heterocycles.